The lowest BCUT2D eigenvalue weighted by Gasteiger charge is -2.31. The highest BCUT2D eigenvalue weighted by molar-refractivity contribution is 6.98. The molecule has 0 radical (unpaired) electrons. The normalized spacial score (nSPS) is 13.4. The smallest absolute Gasteiger partial charge is 0.260 e. The standard InChI is InChI=1S/C16H9BN2O2/c1-2-4-12-10(3-1)17-11-5-6-18-7-13(11)21-15-9-19-8-14(20-12)16(15)17/h1-9H. The molecule has 1 aromatic carbocycles. The molecule has 2 aliphatic rings. The molecule has 0 saturated carbocycles. The van der Waals surface area contributed by atoms with E-state index in [1.807, 2.05) is 24.3 Å². The fourth-order valence-corrected chi connectivity index (χ4v) is 3.12. The second-order valence-electron chi connectivity index (χ2n) is 5.14. The first-order chi connectivity index (χ1) is 10.4. The van der Waals surface area contributed by atoms with Crippen LogP contribution < -0.4 is 25.9 Å². The molecule has 21 heavy (non-hydrogen) atoms. The summed E-state index contributed by atoms with van der Waals surface area (Å²) in [5.74, 6) is 3.16. The summed E-state index contributed by atoms with van der Waals surface area (Å²) in [6.45, 7) is 0.106. The Hall–Kier alpha value is -2.82. The van der Waals surface area contributed by atoms with Gasteiger partial charge in [-0.1, -0.05) is 18.2 Å². The molecule has 4 nitrogen and oxygen atoms in total. The van der Waals surface area contributed by atoms with Crippen LogP contribution in [-0.2, 0) is 0 Å². The predicted octanol–water partition coefficient (Wildman–Crippen LogP) is 1.20. The van der Waals surface area contributed by atoms with E-state index < -0.39 is 0 Å². The minimum Gasteiger partial charge on any atom is -0.457 e. The summed E-state index contributed by atoms with van der Waals surface area (Å²) in [6, 6.07) is 10.1. The Bertz CT molecular complexity index is 814. The van der Waals surface area contributed by atoms with Crippen LogP contribution in [0.5, 0.6) is 23.0 Å². The summed E-state index contributed by atoms with van der Waals surface area (Å²) < 4.78 is 11.9. The van der Waals surface area contributed by atoms with Crippen molar-refractivity contribution >= 4 is 23.1 Å². The number of rotatable bonds is 0. The van der Waals surface area contributed by atoms with Gasteiger partial charge in [-0.25, -0.2) is 0 Å². The molecule has 0 saturated heterocycles. The van der Waals surface area contributed by atoms with Crippen molar-refractivity contribution in [3.63, 3.8) is 0 Å². The summed E-state index contributed by atoms with van der Waals surface area (Å²) in [4.78, 5) is 8.37. The van der Waals surface area contributed by atoms with Crippen molar-refractivity contribution in [3.8, 4) is 23.0 Å². The van der Waals surface area contributed by atoms with E-state index in [1.165, 1.54) is 0 Å². The number of pyridine rings is 2. The van der Waals surface area contributed by atoms with Gasteiger partial charge in [-0.15, -0.1) is 0 Å². The summed E-state index contributed by atoms with van der Waals surface area (Å²) in [5, 5.41) is 0. The Morgan fingerprint density at radius 1 is 0.714 bits per heavy atom. The molecule has 0 spiro atoms. The Morgan fingerprint density at radius 2 is 1.43 bits per heavy atom. The third-order valence-electron chi connectivity index (χ3n) is 4.00. The van der Waals surface area contributed by atoms with Crippen LogP contribution >= 0.6 is 0 Å². The Labute approximate surface area is 121 Å². The third-order valence-corrected chi connectivity index (χ3v) is 4.00. The van der Waals surface area contributed by atoms with Gasteiger partial charge in [0.25, 0.3) is 6.71 Å². The zero-order valence-electron chi connectivity index (χ0n) is 11.0. The molecule has 2 aliphatic heterocycles. The molecule has 0 amide bonds. The number of hydrogen-bond donors (Lipinski definition) is 0. The second-order valence-corrected chi connectivity index (χ2v) is 5.14. The van der Waals surface area contributed by atoms with Gasteiger partial charge in [0, 0.05) is 11.7 Å². The summed E-state index contributed by atoms with van der Waals surface area (Å²) in [7, 11) is 0. The van der Waals surface area contributed by atoms with Crippen molar-refractivity contribution in [1.29, 1.82) is 0 Å². The van der Waals surface area contributed by atoms with E-state index in [4.69, 9.17) is 9.47 Å². The number of nitrogens with zero attached hydrogens (tertiary/aromatic N) is 2. The Balaban J connectivity index is 1.88. The van der Waals surface area contributed by atoms with Crippen molar-refractivity contribution in [2.24, 2.45) is 0 Å². The molecular weight excluding hydrogens is 263 g/mol. The van der Waals surface area contributed by atoms with Gasteiger partial charge in [-0.05, 0) is 23.1 Å². The quantitative estimate of drug-likeness (QED) is 0.397. The number of ether oxygens (including phenoxy) is 2. The molecule has 5 rings (SSSR count). The average molecular weight is 272 g/mol. The minimum atomic E-state index is 0.106. The van der Waals surface area contributed by atoms with Crippen molar-refractivity contribution in [1.82, 2.24) is 9.97 Å². The SMILES string of the molecule is c1ccc2c(c1)Oc1cncc3c1B2c1ccncc1O3. The van der Waals surface area contributed by atoms with Crippen LogP contribution in [0.1, 0.15) is 0 Å². The van der Waals surface area contributed by atoms with Gasteiger partial charge < -0.3 is 9.47 Å². The van der Waals surface area contributed by atoms with E-state index in [1.54, 1.807) is 24.8 Å². The number of aromatic nitrogens is 2. The van der Waals surface area contributed by atoms with Gasteiger partial charge in [0.1, 0.15) is 23.0 Å². The maximum Gasteiger partial charge on any atom is 0.260 e. The molecule has 98 valence electrons. The zero-order valence-corrected chi connectivity index (χ0v) is 11.0. The first-order valence-electron chi connectivity index (χ1n) is 6.78. The Morgan fingerprint density at radius 3 is 2.33 bits per heavy atom. The van der Waals surface area contributed by atoms with Gasteiger partial charge >= 0.3 is 0 Å². The van der Waals surface area contributed by atoms with Crippen LogP contribution in [0.3, 0.4) is 0 Å². The van der Waals surface area contributed by atoms with E-state index >= 15 is 0 Å². The van der Waals surface area contributed by atoms with Crippen LogP contribution in [0, 0.1) is 0 Å². The van der Waals surface area contributed by atoms with Gasteiger partial charge in [0.05, 0.1) is 18.6 Å². The highest BCUT2D eigenvalue weighted by Crippen LogP contribution is 2.32. The van der Waals surface area contributed by atoms with E-state index in [0.717, 1.165) is 39.4 Å². The lowest BCUT2D eigenvalue weighted by molar-refractivity contribution is 0.459. The van der Waals surface area contributed by atoms with Crippen molar-refractivity contribution < 1.29 is 9.47 Å². The first kappa shape index (κ1) is 10.9. The number of fused-ring (bicyclic) bond motifs is 4. The van der Waals surface area contributed by atoms with Gasteiger partial charge in [0.15, 0.2) is 0 Å². The van der Waals surface area contributed by atoms with E-state index in [-0.39, 0.29) is 6.71 Å². The third kappa shape index (κ3) is 1.40. The molecule has 0 bridgehead atoms. The van der Waals surface area contributed by atoms with Crippen LogP contribution in [0.4, 0.5) is 0 Å². The Kier molecular flexibility index (Phi) is 2.00. The average Bonchev–Trinajstić information content (AvgIpc) is 2.54. The summed E-state index contributed by atoms with van der Waals surface area (Å²) >= 11 is 0. The van der Waals surface area contributed by atoms with Crippen LogP contribution in [0.2, 0.25) is 0 Å². The van der Waals surface area contributed by atoms with Crippen molar-refractivity contribution in [2.45, 2.75) is 0 Å². The number of benzene rings is 1. The minimum absolute atomic E-state index is 0.106. The van der Waals surface area contributed by atoms with E-state index in [9.17, 15) is 0 Å². The fraction of sp³-hybridized carbons (Fsp3) is 0. The lowest BCUT2D eigenvalue weighted by atomic mass is 9.35. The highest BCUT2D eigenvalue weighted by Gasteiger charge is 2.39. The van der Waals surface area contributed by atoms with Crippen molar-refractivity contribution in [2.75, 3.05) is 0 Å². The summed E-state index contributed by atoms with van der Waals surface area (Å²) in [6.07, 6.45) is 7.03. The largest absolute Gasteiger partial charge is 0.457 e. The molecule has 0 aliphatic carbocycles. The monoisotopic (exact) mass is 272 g/mol. The molecule has 0 unspecified atom stereocenters. The molecule has 0 N–H and O–H groups in total. The maximum atomic E-state index is 5.98. The van der Waals surface area contributed by atoms with Crippen LogP contribution in [-0.4, -0.2) is 16.7 Å². The molecule has 0 fully saturated rings. The number of hydrogen-bond acceptors (Lipinski definition) is 4. The van der Waals surface area contributed by atoms with Gasteiger partial charge in [-0.2, -0.15) is 0 Å². The molecule has 4 heterocycles. The molecule has 0 atom stereocenters. The van der Waals surface area contributed by atoms with Crippen LogP contribution in [0.25, 0.3) is 0 Å². The van der Waals surface area contributed by atoms with Crippen LogP contribution in [0.15, 0.2) is 55.1 Å². The maximum absolute atomic E-state index is 5.98. The fourth-order valence-electron chi connectivity index (χ4n) is 3.12. The molecule has 5 heteroatoms. The lowest BCUT2D eigenvalue weighted by Crippen LogP contribution is -2.57. The molecule has 2 aromatic heterocycles. The van der Waals surface area contributed by atoms with Gasteiger partial charge in [-0.3, -0.25) is 9.97 Å². The van der Waals surface area contributed by atoms with Crippen molar-refractivity contribution in [3.05, 3.63) is 55.1 Å². The molecular formula is C16H9BN2O2. The zero-order chi connectivity index (χ0) is 13.8. The van der Waals surface area contributed by atoms with E-state index in [2.05, 4.69) is 16.0 Å². The predicted molar refractivity (Wildman–Crippen MR) is 79.7 cm³/mol. The molecule has 3 aromatic rings. The van der Waals surface area contributed by atoms with Gasteiger partial charge in [0.2, 0.25) is 0 Å². The summed E-state index contributed by atoms with van der Waals surface area (Å²) in [5.41, 5.74) is 3.30. The topological polar surface area (TPSA) is 44.2 Å². The highest BCUT2D eigenvalue weighted by atomic mass is 16.5. The second kappa shape index (κ2) is 3.85. The number of para-hydroxylation sites is 1. The van der Waals surface area contributed by atoms with E-state index in [0.29, 0.717) is 0 Å². The first-order valence-corrected chi connectivity index (χ1v) is 6.78.